The van der Waals surface area contributed by atoms with Gasteiger partial charge in [0.15, 0.2) is 5.78 Å². The molecule has 0 unspecified atom stereocenters. The second-order valence-electron chi connectivity index (χ2n) is 6.12. The quantitative estimate of drug-likeness (QED) is 0.539. The van der Waals surface area contributed by atoms with Crippen LogP contribution >= 0.6 is 11.3 Å². The number of hydrogen-bond donors (Lipinski definition) is 1. The summed E-state index contributed by atoms with van der Waals surface area (Å²) in [4.78, 5) is 26.1. The molecule has 0 aliphatic rings. The van der Waals surface area contributed by atoms with Crippen molar-refractivity contribution in [3.8, 4) is 5.75 Å². The van der Waals surface area contributed by atoms with Crippen molar-refractivity contribution in [1.29, 1.82) is 0 Å². The maximum absolute atomic E-state index is 12.2. The van der Waals surface area contributed by atoms with Crippen LogP contribution in [0.2, 0.25) is 0 Å². The summed E-state index contributed by atoms with van der Waals surface area (Å²) in [7, 11) is 0. The van der Waals surface area contributed by atoms with Crippen LogP contribution in [0.15, 0.2) is 30.3 Å². The highest BCUT2D eigenvalue weighted by Gasteiger charge is 2.13. The number of hydrogen-bond acceptors (Lipinski definition) is 4. The molecule has 0 saturated heterocycles. The standard InChI is InChI=1S/C20H25NO3S/c1-14-6-4-7-17(12-14)24-11-5-10-21-20(23)9-8-19(22)18-13-15(2)25-16(18)3/h4,6-7,12-13H,5,8-11H2,1-3H3,(H,21,23). The molecule has 1 heterocycles. The van der Waals surface area contributed by atoms with Gasteiger partial charge in [-0.25, -0.2) is 0 Å². The Balaban J connectivity index is 1.61. The molecule has 134 valence electrons. The van der Waals surface area contributed by atoms with Crippen molar-refractivity contribution in [2.45, 2.75) is 40.0 Å². The summed E-state index contributed by atoms with van der Waals surface area (Å²) in [6.45, 7) is 7.05. The van der Waals surface area contributed by atoms with Crippen molar-refractivity contribution in [3.05, 3.63) is 51.2 Å². The Hall–Kier alpha value is -2.14. The van der Waals surface area contributed by atoms with Crippen molar-refractivity contribution in [2.24, 2.45) is 0 Å². The van der Waals surface area contributed by atoms with Crippen molar-refractivity contribution < 1.29 is 14.3 Å². The summed E-state index contributed by atoms with van der Waals surface area (Å²) in [5, 5.41) is 2.84. The summed E-state index contributed by atoms with van der Waals surface area (Å²) in [5.74, 6) is 0.798. The molecule has 1 aromatic carbocycles. The molecule has 0 saturated carbocycles. The Morgan fingerprint density at radius 3 is 2.60 bits per heavy atom. The van der Waals surface area contributed by atoms with E-state index in [-0.39, 0.29) is 24.5 Å². The number of ether oxygens (including phenoxy) is 1. The van der Waals surface area contributed by atoms with Gasteiger partial charge in [0, 0.05) is 34.7 Å². The van der Waals surface area contributed by atoms with Crippen LogP contribution in [0.25, 0.3) is 0 Å². The van der Waals surface area contributed by atoms with E-state index in [9.17, 15) is 9.59 Å². The van der Waals surface area contributed by atoms with E-state index in [1.54, 1.807) is 11.3 Å². The number of benzene rings is 1. The van der Waals surface area contributed by atoms with Crippen LogP contribution in [0.3, 0.4) is 0 Å². The van der Waals surface area contributed by atoms with Gasteiger partial charge in [-0.05, 0) is 51.0 Å². The molecular formula is C20H25NO3S. The predicted octanol–water partition coefficient (Wildman–Crippen LogP) is 4.22. The maximum atomic E-state index is 12.2. The molecular weight excluding hydrogens is 334 g/mol. The Bertz CT molecular complexity index is 736. The Labute approximate surface area is 153 Å². The first kappa shape index (κ1) is 19.2. The largest absolute Gasteiger partial charge is 0.494 e. The fourth-order valence-corrected chi connectivity index (χ4v) is 3.50. The van der Waals surface area contributed by atoms with Crippen LogP contribution in [-0.2, 0) is 4.79 Å². The molecule has 5 heteroatoms. The number of aryl methyl sites for hydroxylation is 3. The predicted molar refractivity (Wildman–Crippen MR) is 102 cm³/mol. The molecule has 25 heavy (non-hydrogen) atoms. The molecule has 0 fully saturated rings. The van der Waals surface area contributed by atoms with E-state index in [0.717, 1.165) is 33.1 Å². The zero-order valence-corrected chi connectivity index (χ0v) is 15.9. The highest BCUT2D eigenvalue weighted by molar-refractivity contribution is 7.12. The van der Waals surface area contributed by atoms with Gasteiger partial charge in [-0.3, -0.25) is 9.59 Å². The van der Waals surface area contributed by atoms with E-state index in [1.807, 2.05) is 51.1 Å². The van der Waals surface area contributed by atoms with E-state index in [4.69, 9.17) is 4.74 Å². The highest BCUT2D eigenvalue weighted by Crippen LogP contribution is 2.22. The Morgan fingerprint density at radius 1 is 1.12 bits per heavy atom. The van der Waals surface area contributed by atoms with Gasteiger partial charge in [0.2, 0.25) is 5.91 Å². The minimum absolute atomic E-state index is 0.0415. The number of rotatable bonds is 9. The zero-order valence-electron chi connectivity index (χ0n) is 15.1. The van der Waals surface area contributed by atoms with Gasteiger partial charge >= 0.3 is 0 Å². The van der Waals surface area contributed by atoms with Crippen LogP contribution in [0.1, 0.15) is 44.9 Å². The van der Waals surface area contributed by atoms with Gasteiger partial charge < -0.3 is 10.1 Å². The van der Waals surface area contributed by atoms with E-state index in [2.05, 4.69) is 5.32 Å². The molecule has 2 aromatic rings. The van der Waals surface area contributed by atoms with Gasteiger partial charge in [0.05, 0.1) is 6.61 Å². The fourth-order valence-electron chi connectivity index (χ4n) is 2.55. The average Bonchev–Trinajstić information content (AvgIpc) is 2.91. The molecule has 1 aromatic heterocycles. The van der Waals surface area contributed by atoms with E-state index in [0.29, 0.717) is 13.2 Å². The number of Topliss-reactive ketones (excluding diaryl/α,β-unsaturated/α-hetero) is 1. The van der Waals surface area contributed by atoms with Gasteiger partial charge in [-0.15, -0.1) is 11.3 Å². The molecule has 0 aliphatic carbocycles. The maximum Gasteiger partial charge on any atom is 0.220 e. The number of nitrogens with one attached hydrogen (secondary N) is 1. The van der Waals surface area contributed by atoms with Crippen LogP contribution in [0, 0.1) is 20.8 Å². The number of carbonyl (C=O) groups is 2. The first-order valence-corrected chi connectivity index (χ1v) is 9.34. The third kappa shape index (κ3) is 6.35. The average molecular weight is 359 g/mol. The third-order valence-electron chi connectivity index (χ3n) is 3.82. The second kappa shape index (κ2) is 9.37. The molecule has 0 aliphatic heterocycles. The van der Waals surface area contributed by atoms with Gasteiger partial charge in [0.1, 0.15) is 5.75 Å². The zero-order chi connectivity index (χ0) is 18.2. The summed E-state index contributed by atoms with van der Waals surface area (Å²) >= 11 is 1.61. The van der Waals surface area contributed by atoms with Crippen LogP contribution in [0.4, 0.5) is 0 Å². The van der Waals surface area contributed by atoms with Gasteiger partial charge in [-0.1, -0.05) is 12.1 Å². The molecule has 0 spiro atoms. The molecule has 0 atom stereocenters. The molecule has 0 radical (unpaired) electrons. The first-order chi connectivity index (χ1) is 12.0. The van der Waals surface area contributed by atoms with Crippen molar-refractivity contribution in [1.82, 2.24) is 5.32 Å². The Morgan fingerprint density at radius 2 is 1.92 bits per heavy atom. The number of carbonyl (C=O) groups excluding carboxylic acids is 2. The van der Waals surface area contributed by atoms with Crippen LogP contribution in [-0.4, -0.2) is 24.8 Å². The smallest absolute Gasteiger partial charge is 0.220 e. The van der Waals surface area contributed by atoms with Crippen molar-refractivity contribution in [3.63, 3.8) is 0 Å². The first-order valence-electron chi connectivity index (χ1n) is 8.52. The Kier molecular flexibility index (Phi) is 7.19. The van der Waals surface area contributed by atoms with Crippen LogP contribution in [0.5, 0.6) is 5.75 Å². The molecule has 4 nitrogen and oxygen atoms in total. The summed E-state index contributed by atoms with van der Waals surface area (Å²) < 4.78 is 5.64. The monoisotopic (exact) mass is 359 g/mol. The minimum atomic E-state index is -0.0893. The lowest BCUT2D eigenvalue weighted by Crippen LogP contribution is -2.26. The minimum Gasteiger partial charge on any atom is -0.494 e. The summed E-state index contributed by atoms with van der Waals surface area (Å²) in [5.41, 5.74) is 1.91. The summed E-state index contributed by atoms with van der Waals surface area (Å²) in [6.07, 6.45) is 1.21. The highest BCUT2D eigenvalue weighted by atomic mass is 32.1. The SMILES string of the molecule is Cc1cccc(OCCCNC(=O)CCC(=O)c2cc(C)sc2C)c1. The van der Waals surface area contributed by atoms with E-state index < -0.39 is 0 Å². The van der Waals surface area contributed by atoms with Crippen LogP contribution < -0.4 is 10.1 Å². The third-order valence-corrected chi connectivity index (χ3v) is 4.79. The number of ketones is 1. The lowest BCUT2D eigenvalue weighted by Gasteiger charge is -2.08. The van der Waals surface area contributed by atoms with Gasteiger partial charge in [-0.2, -0.15) is 0 Å². The molecule has 2 rings (SSSR count). The normalized spacial score (nSPS) is 10.5. The second-order valence-corrected chi connectivity index (χ2v) is 7.58. The molecule has 1 N–H and O–H groups in total. The van der Waals surface area contributed by atoms with E-state index >= 15 is 0 Å². The van der Waals surface area contributed by atoms with Crippen molar-refractivity contribution >= 4 is 23.0 Å². The summed E-state index contributed by atoms with van der Waals surface area (Å²) in [6, 6.07) is 9.79. The number of amides is 1. The molecule has 0 bridgehead atoms. The lowest BCUT2D eigenvalue weighted by atomic mass is 10.1. The van der Waals surface area contributed by atoms with E-state index in [1.165, 1.54) is 0 Å². The lowest BCUT2D eigenvalue weighted by molar-refractivity contribution is -0.121. The topological polar surface area (TPSA) is 55.4 Å². The molecule has 1 amide bonds. The fraction of sp³-hybridized carbons (Fsp3) is 0.400. The van der Waals surface area contributed by atoms with Gasteiger partial charge in [0.25, 0.3) is 0 Å². The van der Waals surface area contributed by atoms with Crippen molar-refractivity contribution in [2.75, 3.05) is 13.2 Å². The number of thiophene rings is 1.